The molecule has 3 N–H and O–H groups in total. The van der Waals surface area contributed by atoms with E-state index in [0.717, 1.165) is 83.5 Å². The molecule has 0 spiro atoms. The average Bonchev–Trinajstić information content (AvgIpc) is 3.24. The molecule has 0 heterocycles. The van der Waals surface area contributed by atoms with Crippen LogP contribution in [0.15, 0.2) is 109 Å². The van der Waals surface area contributed by atoms with Crippen molar-refractivity contribution in [3.05, 3.63) is 109 Å². The van der Waals surface area contributed by atoms with Crippen molar-refractivity contribution in [3.63, 3.8) is 0 Å². The zero-order chi connectivity index (χ0) is 43.8. The van der Waals surface area contributed by atoms with Crippen LogP contribution in [0.5, 0.6) is 0 Å². The summed E-state index contributed by atoms with van der Waals surface area (Å²) in [6, 6.07) is -0.730. The number of esters is 1. The highest BCUT2D eigenvalue weighted by Crippen LogP contribution is 2.17. The van der Waals surface area contributed by atoms with Gasteiger partial charge in [-0.1, -0.05) is 226 Å². The molecule has 0 rings (SSSR count). The number of nitrogens with one attached hydrogen (secondary N) is 1. The van der Waals surface area contributed by atoms with Crippen molar-refractivity contribution in [2.75, 3.05) is 6.61 Å². The Labute approximate surface area is 368 Å². The largest absolute Gasteiger partial charge is 0.462 e. The number of allylic oxidation sites excluding steroid dienone is 18. The number of carbonyl (C=O) groups is 2. The molecule has 0 aliphatic carbocycles. The van der Waals surface area contributed by atoms with E-state index in [-0.39, 0.29) is 24.9 Å². The summed E-state index contributed by atoms with van der Waals surface area (Å²) in [5, 5.41) is 23.7. The Morgan fingerprint density at radius 2 is 0.900 bits per heavy atom. The topological polar surface area (TPSA) is 95.9 Å². The number of amides is 1. The molecule has 0 fully saturated rings. The van der Waals surface area contributed by atoms with Crippen molar-refractivity contribution in [1.29, 1.82) is 0 Å². The van der Waals surface area contributed by atoms with Gasteiger partial charge < -0.3 is 20.3 Å². The van der Waals surface area contributed by atoms with E-state index in [1.54, 1.807) is 0 Å². The number of ether oxygens (including phenoxy) is 1. The van der Waals surface area contributed by atoms with E-state index in [0.29, 0.717) is 19.3 Å². The van der Waals surface area contributed by atoms with Crippen LogP contribution < -0.4 is 5.32 Å². The molecule has 0 aliphatic heterocycles. The summed E-state index contributed by atoms with van der Waals surface area (Å²) in [6.45, 7) is 6.16. The standard InChI is InChI=1S/C54H89NO5/c1-4-7-10-13-16-19-22-25-26-29-32-35-38-41-44-47-54(59)60-50(45-42-39-36-33-30-27-23-20-17-14-11-8-5-2)48-53(58)55-51(49-56)52(57)46-43-40-37-34-31-28-24-21-18-15-12-9-6-3/h7-8,10-11,13-14,16-17,19-20,22-23,25-27,29-30,32,50-52,56-57H,4-6,9,12,15,18,21,24,28,31,33-49H2,1-3H3,(H,55,58)/b10-7+,11-8+,16-13+,17-14+,22-19-,23-20+,26-25-,30-27-,32-29+. The summed E-state index contributed by atoms with van der Waals surface area (Å²) in [5.41, 5.74) is 0. The molecule has 0 radical (unpaired) electrons. The van der Waals surface area contributed by atoms with Gasteiger partial charge in [-0.2, -0.15) is 0 Å². The van der Waals surface area contributed by atoms with E-state index in [2.05, 4.69) is 62.5 Å². The van der Waals surface area contributed by atoms with Crippen molar-refractivity contribution < 1.29 is 24.5 Å². The lowest BCUT2D eigenvalue weighted by Gasteiger charge is -2.24. The van der Waals surface area contributed by atoms with Crippen LogP contribution >= 0.6 is 0 Å². The van der Waals surface area contributed by atoms with Gasteiger partial charge in [-0.05, 0) is 64.2 Å². The normalized spacial score (nSPS) is 14.3. The maximum atomic E-state index is 13.2. The van der Waals surface area contributed by atoms with Gasteiger partial charge in [-0.3, -0.25) is 9.59 Å². The minimum Gasteiger partial charge on any atom is -0.462 e. The number of aliphatic hydroxyl groups excluding tert-OH is 2. The molecule has 60 heavy (non-hydrogen) atoms. The molecule has 0 bridgehead atoms. The fourth-order valence-electron chi connectivity index (χ4n) is 6.70. The molecule has 0 saturated heterocycles. The van der Waals surface area contributed by atoms with Crippen molar-refractivity contribution in [3.8, 4) is 0 Å². The maximum absolute atomic E-state index is 13.2. The molecule has 0 aromatic heterocycles. The van der Waals surface area contributed by atoms with Gasteiger partial charge >= 0.3 is 5.97 Å². The van der Waals surface area contributed by atoms with Gasteiger partial charge in [0.15, 0.2) is 0 Å². The lowest BCUT2D eigenvalue weighted by atomic mass is 10.0. The van der Waals surface area contributed by atoms with Gasteiger partial charge in [0.1, 0.15) is 6.10 Å². The Kier molecular flexibility index (Phi) is 43.9. The number of aliphatic hydroxyl groups is 2. The number of carbonyl (C=O) groups excluding carboxylic acids is 2. The summed E-state index contributed by atoms with van der Waals surface area (Å²) in [6.07, 6.45) is 62.8. The second-order valence-corrected chi connectivity index (χ2v) is 16.0. The molecule has 1 amide bonds. The third-order valence-corrected chi connectivity index (χ3v) is 10.3. The van der Waals surface area contributed by atoms with Crippen LogP contribution in [0.1, 0.15) is 194 Å². The molecular weight excluding hydrogens is 743 g/mol. The van der Waals surface area contributed by atoms with Crippen molar-refractivity contribution in [2.24, 2.45) is 0 Å². The molecule has 6 heteroatoms. The summed E-state index contributed by atoms with van der Waals surface area (Å²) < 4.78 is 5.88. The summed E-state index contributed by atoms with van der Waals surface area (Å²) in [5.74, 6) is -0.574. The minimum atomic E-state index is -0.812. The Hall–Kier alpha value is -3.48. The van der Waals surface area contributed by atoms with Gasteiger partial charge in [0.05, 0.1) is 25.2 Å². The number of hydrogen-bond acceptors (Lipinski definition) is 5. The molecule has 3 unspecified atom stereocenters. The fourth-order valence-corrected chi connectivity index (χ4v) is 6.70. The van der Waals surface area contributed by atoms with Crippen LogP contribution in [0.25, 0.3) is 0 Å². The van der Waals surface area contributed by atoms with Crippen LogP contribution in [0, 0.1) is 0 Å². The van der Waals surface area contributed by atoms with Crippen LogP contribution in [0.3, 0.4) is 0 Å². The number of rotatable bonds is 41. The van der Waals surface area contributed by atoms with Crippen LogP contribution in [-0.2, 0) is 14.3 Å². The quantitative estimate of drug-likeness (QED) is 0.0324. The SMILES string of the molecule is CC/C=C/C=C/C=C\C=C/C=C/CCCCCC(=O)OC(CCCCC\C=C/C=C/C=C/C=C/CC)CC(=O)NC(CO)C(O)CCCCCCCCCCCCCCC. The van der Waals surface area contributed by atoms with Crippen LogP contribution in [0.4, 0.5) is 0 Å². The van der Waals surface area contributed by atoms with E-state index >= 15 is 0 Å². The van der Waals surface area contributed by atoms with Crippen molar-refractivity contribution >= 4 is 11.9 Å². The Bertz CT molecular complexity index is 1250. The van der Waals surface area contributed by atoms with Gasteiger partial charge in [-0.25, -0.2) is 0 Å². The highest BCUT2D eigenvalue weighted by atomic mass is 16.5. The Morgan fingerprint density at radius 1 is 0.500 bits per heavy atom. The summed E-state index contributed by atoms with van der Waals surface area (Å²) in [4.78, 5) is 26.1. The molecule has 0 aliphatic rings. The summed E-state index contributed by atoms with van der Waals surface area (Å²) >= 11 is 0. The third kappa shape index (κ3) is 41.3. The molecule has 0 saturated carbocycles. The maximum Gasteiger partial charge on any atom is 0.306 e. The third-order valence-electron chi connectivity index (χ3n) is 10.3. The second kappa shape index (κ2) is 46.6. The first-order valence-electron chi connectivity index (χ1n) is 24.2. The highest BCUT2D eigenvalue weighted by Gasteiger charge is 2.24. The average molecular weight is 832 g/mol. The van der Waals surface area contributed by atoms with E-state index < -0.39 is 18.2 Å². The molecular formula is C54H89NO5. The highest BCUT2D eigenvalue weighted by molar-refractivity contribution is 5.77. The van der Waals surface area contributed by atoms with Crippen LogP contribution in [0.2, 0.25) is 0 Å². The number of unbranched alkanes of at least 4 members (excludes halogenated alkanes) is 18. The zero-order valence-corrected chi connectivity index (χ0v) is 38.5. The first kappa shape index (κ1) is 56.5. The van der Waals surface area contributed by atoms with E-state index in [4.69, 9.17) is 4.74 Å². The van der Waals surface area contributed by atoms with Crippen molar-refractivity contribution in [1.82, 2.24) is 5.32 Å². The molecule has 0 aromatic carbocycles. The monoisotopic (exact) mass is 832 g/mol. The van der Waals surface area contributed by atoms with Gasteiger partial charge in [0, 0.05) is 6.42 Å². The zero-order valence-electron chi connectivity index (χ0n) is 38.5. The van der Waals surface area contributed by atoms with E-state index in [1.165, 1.54) is 64.2 Å². The van der Waals surface area contributed by atoms with E-state index in [1.807, 2.05) is 72.9 Å². The lowest BCUT2D eigenvalue weighted by Crippen LogP contribution is -2.46. The van der Waals surface area contributed by atoms with Gasteiger partial charge in [-0.15, -0.1) is 0 Å². The fraction of sp³-hybridized carbons (Fsp3) is 0.630. The van der Waals surface area contributed by atoms with Gasteiger partial charge in [0.2, 0.25) is 5.91 Å². The molecule has 340 valence electrons. The van der Waals surface area contributed by atoms with Gasteiger partial charge in [0.25, 0.3) is 0 Å². The first-order chi connectivity index (χ1) is 29.5. The van der Waals surface area contributed by atoms with E-state index in [9.17, 15) is 19.8 Å². The van der Waals surface area contributed by atoms with Crippen molar-refractivity contribution in [2.45, 2.75) is 212 Å². The summed E-state index contributed by atoms with van der Waals surface area (Å²) in [7, 11) is 0. The first-order valence-corrected chi connectivity index (χ1v) is 24.2. The predicted molar refractivity (Wildman–Crippen MR) is 259 cm³/mol. The predicted octanol–water partition coefficient (Wildman–Crippen LogP) is 14.3. The smallest absolute Gasteiger partial charge is 0.306 e. The second-order valence-electron chi connectivity index (χ2n) is 16.0. The molecule has 6 nitrogen and oxygen atoms in total. The molecule has 0 aromatic rings. The Morgan fingerprint density at radius 3 is 1.37 bits per heavy atom. The lowest BCUT2D eigenvalue weighted by molar-refractivity contribution is -0.151. The Balaban J connectivity index is 4.75. The van der Waals surface area contributed by atoms with Crippen LogP contribution in [-0.4, -0.2) is 46.9 Å². The number of hydrogen-bond donors (Lipinski definition) is 3. The minimum absolute atomic E-state index is 0.0268. The molecule has 3 atom stereocenters.